The van der Waals surface area contributed by atoms with Crippen molar-refractivity contribution in [1.29, 1.82) is 0 Å². The Bertz CT molecular complexity index is 391. The zero-order valence-corrected chi connectivity index (χ0v) is 9.87. The molecule has 1 aliphatic heterocycles. The molecule has 0 spiro atoms. The highest BCUT2D eigenvalue weighted by molar-refractivity contribution is 6.30. The number of halogens is 1. The molecule has 0 bridgehead atoms. The van der Waals surface area contributed by atoms with Crippen molar-refractivity contribution in [3.05, 3.63) is 34.9 Å². The minimum absolute atomic E-state index is 0.136. The van der Waals surface area contributed by atoms with Crippen LogP contribution in [0.5, 0.6) is 0 Å². The summed E-state index contributed by atoms with van der Waals surface area (Å²) in [7, 11) is 0. The Hall–Kier alpha value is -0.570. The molecule has 3 atom stereocenters. The van der Waals surface area contributed by atoms with Crippen LogP contribution in [0.15, 0.2) is 24.3 Å². The van der Waals surface area contributed by atoms with E-state index in [2.05, 4.69) is 17.4 Å². The fourth-order valence-electron chi connectivity index (χ4n) is 3.43. The summed E-state index contributed by atoms with van der Waals surface area (Å²) < 4.78 is 0. The maximum Gasteiger partial charge on any atom is 0.0552 e. The smallest absolute Gasteiger partial charge is 0.0552 e. The van der Waals surface area contributed by atoms with E-state index >= 15 is 0 Å². The molecular formula is C13H16ClNO. The highest BCUT2D eigenvalue weighted by atomic mass is 35.5. The third-order valence-corrected chi connectivity index (χ3v) is 4.44. The van der Waals surface area contributed by atoms with E-state index in [9.17, 15) is 5.11 Å². The third kappa shape index (κ3) is 1.48. The van der Waals surface area contributed by atoms with Crippen LogP contribution in [-0.2, 0) is 5.41 Å². The summed E-state index contributed by atoms with van der Waals surface area (Å²) in [4.78, 5) is 0. The average molecular weight is 238 g/mol. The lowest BCUT2D eigenvalue weighted by molar-refractivity contribution is 0.170. The zero-order valence-electron chi connectivity index (χ0n) is 9.12. The topological polar surface area (TPSA) is 32.3 Å². The molecule has 1 saturated heterocycles. The number of hydrogen-bond donors (Lipinski definition) is 2. The van der Waals surface area contributed by atoms with Gasteiger partial charge in [0.25, 0.3) is 0 Å². The molecule has 3 heteroatoms. The van der Waals surface area contributed by atoms with Crippen molar-refractivity contribution in [3.63, 3.8) is 0 Å². The molecule has 0 amide bonds. The molecule has 1 saturated carbocycles. The van der Waals surface area contributed by atoms with E-state index in [1.54, 1.807) is 0 Å². The van der Waals surface area contributed by atoms with Gasteiger partial charge in [-0.25, -0.2) is 0 Å². The van der Waals surface area contributed by atoms with Crippen LogP contribution >= 0.6 is 11.6 Å². The van der Waals surface area contributed by atoms with Gasteiger partial charge >= 0.3 is 0 Å². The van der Waals surface area contributed by atoms with Crippen molar-refractivity contribution in [2.75, 3.05) is 13.1 Å². The molecule has 2 aliphatic rings. The minimum Gasteiger partial charge on any atom is -0.393 e. The second-order valence-electron chi connectivity index (χ2n) is 5.08. The first kappa shape index (κ1) is 10.6. The third-order valence-electron chi connectivity index (χ3n) is 4.19. The first-order chi connectivity index (χ1) is 7.71. The number of aliphatic hydroxyl groups excluding tert-OH is 1. The van der Waals surface area contributed by atoms with Gasteiger partial charge in [-0.1, -0.05) is 23.7 Å². The zero-order chi connectivity index (χ0) is 11.2. The molecule has 1 aromatic carbocycles. The van der Waals surface area contributed by atoms with Crippen molar-refractivity contribution in [1.82, 2.24) is 5.32 Å². The summed E-state index contributed by atoms with van der Waals surface area (Å²) in [5.41, 5.74) is 1.47. The monoisotopic (exact) mass is 237 g/mol. The van der Waals surface area contributed by atoms with E-state index < -0.39 is 0 Å². The summed E-state index contributed by atoms with van der Waals surface area (Å²) in [6.07, 6.45) is 1.67. The highest BCUT2D eigenvalue weighted by Crippen LogP contribution is 2.47. The van der Waals surface area contributed by atoms with Gasteiger partial charge in [-0.15, -0.1) is 0 Å². The molecule has 1 aromatic rings. The maximum atomic E-state index is 9.86. The molecule has 2 fully saturated rings. The summed E-state index contributed by atoms with van der Waals surface area (Å²) in [5.74, 6) is 0.573. The summed E-state index contributed by atoms with van der Waals surface area (Å²) in [6.45, 7) is 2.01. The van der Waals surface area contributed by atoms with Crippen LogP contribution in [0.4, 0.5) is 0 Å². The molecule has 2 N–H and O–H groups in total. The van der Waals surface area contributed by atoms with Crippen LogP contribution in [0.2, 0.25) is 5.02 Å². The van der Waals surface area contributed by atoms with Gasteiger partial charge in [0.2, 0.25) is 0 Å². The van der Waals surface area contributed by atoms with E-state index in [1.807, 2.05) is 12.1 Å². The Morgan fingerprint density at radius 2 is 2.06 bits per heavy atom. The summed E-state index contributed by atoms with van der Waals surface area (Å²) >= 11 is 5.92. The van der Waals surface area contributed by atoms with E-state index in [1.165, 1.54) is 5.56 Å². The van der Waals surface area contributed by atoms with Crippen molar-refractivity contribution in [2.45, 2.75) is 24.4 Å². The predicted molar refractivity (Wildman–Crippen MR) is 64.7 cm³/mol. The summed E-state index contributed by atoms with van der Waals surface area (Å²) in [6, 6.07) is 8.12. The van der Waals surface area contributed by atoms with Gasteiger partial charge < -0.3 is 10.4 Å². The number of benzene rings is 1. The standard InChI is InChI=1S/C13H16ClNO/c14-11-3-1-9(2-4-11)13-6-12(16)5-10(13)7-15-8-13/h1-4,10,12,15-16H,5-8H2/t10-,12?,13+/m1/s1. The van der Waals surface area contributed by atoms with Crippen molar-refractivity contribution in [3.8, 4) is 0 Å². The maximum absolute atomic E-state index is 9.86. The first-order valence-corrected chi connectivity index (χ1v) is 6.23. The number of fused-ring (bicyclic) bond motifs is 1. The Labute approximate surface area is 101 Å². The molecule has 1 unspecified atom stereocenters. The van der Waals surface area contributed by atoms with Crippen LogP contribution in [0.1, 0.15) is 18.4 Å². The van der Waals surface area contributed by atoms with Gasteiger partial charge in [0.1, 0.15) is 0 Å². The largest absolute Gasteiger partial charge is 0.393 e. The molecule has 3 rings (SSSR count). The lowest BCUT2D eigenvalue weighted by Gasteiger charge is -2.29. The fourth-order valence-corrected chi connectivity index (χ4v) is 3.55. The fraction of sp³-hybridized carbons (Fsp3) is 0.538. The molecular weight excluding hydrogens is 222 g/mol. The van der Waals surface area contributed by atoms with Crippen LogP contribution < -0.4 is 5.32 Å². The normalized spacial score (nSPS) is 37.6. The molecule has 1 aliphatic carbocycles. The SMILES string of the molecule is OC1C[C@@H]2CNC[C@]2(c2ccc(Cl)cc2)C1. The lowest BCUT2D eigenvalue weighted by atomic mass is 9.74. The quantitative estimate of drug-likeness (QED) is 0.783. The molecule has 0 radical (unpaired) electrons. The molecule has 86 valence electrons. The Balaban J connectivity index is 2.00. The average Bonchev–Trinajstić information content (AvgIpc) is 2.75. The second kappa shape index (κ2) is 3.73. The van der Waals surface area contributed by atoms with Crippen LogP contribution in [0.25, 0.3) is 0 Å². The van der Waals surface area contributed by atoms with Gasteiger partial charge in [-0.2, -0.15) is 0 Å². The molecule has 1 heterocycles. The highest BCUT2D eigenvalue weighted by Gasteiger charge is 2.50. The summed E-state index contributed by atoms with van der Waals surface area (Å²) in [5, 5.41) is 14.1. The van der Waals surface area contributed by atoms with E-state index in [0.29, 0.717) is 5.92 Å². The van der Waals surface area contributed by atoms with Gasteiger partial charge in [-0.05, 0) is 43.0 Å². The number of hydrogen-bond acceptors (Lipinski definition) is 2. The van der Waals surface area contributed by atoms with Gasteiger partial charge in [0.05, 0.1) is 6.10 Å². The van der Waals surface area contributed by atoms with Crippen LogP contribution in [0.3, 0.4) is 0 Å². The van der Waals surface area contributed by atoms with Crippen LogP contribution in [-0.4, -0.2) is 24.3 Å². The first-order valence-electron chi connectivity index (χ1n) is 5.85. The van der Waals surface area contributed by atoms with Gasteiger partial charge in [-0.3, -0.25) is 0 Å². The van der Waals surface area contributed by atoms with Crippen molar-refractivity contribution >= 4 is 11.6 Å². The van der Waals surface area contributed by atoms with Gasteiger partial charge in [0.15, 0.2) is 0 Å². The predicted octanol–water partition coefficient (Wildman–Crippen LogP) is 1.95. The number of rotatable bonds is 1. The van der Waals surface area contributed by atoms with Crippen molar-refractivity contribution < 1.29 is 5.11 Å². The molecule has 0 aromatic heterocycles. The molecule has 16 heavy (non-hydrogen) atoms. The van der Waals surface area contributed by atoms with E-state index in [-0.39, 0.29) is 11.5 Å². The minimum atomic E-state index is -0.136. The van der Waals surface area contributed by atoms with E-state index in [4.69, 9.17) is 11.6 Å². The van der Waals surface area contributed by atoms with Gasteiger partial charge in [0, 0.05) is 17.0 Å². The second-order valence-corrected chi connectivity index (χ2v) is 5.52. The van der Waals surface area contributed by atoms with E-state index in [0.717, 1.165) is 31.0 Å². The Morgan fingerprint density at radius 3 is 2.81 bits per heavy atom. The lowest BCUT2D eigenvalue weighted by Crippen LogP contribution is -2.31. The Morgan fingerprint density at radius 1 is 1.31 bits per heavy atom. The Kier molecular flexibility index (Phi) is 2.46. The number of nitrogens with one attached hydrogen (secondary N) is 1. The number of aliphatic hydroxyl groups is 1. The van der Waals surface area contributed by atoms with Crippen molar-refractivity contribution in [2.24, 2.45) is 5.92 Å². The van der Waals surface area contributed by atoms with Crippen LogP contribution in [0, 0.1) is 5.92 Å². The molecule has 2 nitrogen and oxygen atoms in total.